The van der Waals surface area contributed by atoms with Gasteiger partial charge in [0.15, 0.2) is 0 Å². The number of fused-ring (bicyclic) bond motifs is 6. The van der Waals surface area contributed by atoms with Crippen LogP contribution in [-0.4, -0.2) is 31.8 Å². The van der Waals surface area contributed by atoms with Crippen LogP contribution in [-0.2, 0) is 27.1 Å². The van der Waals surface area contributed by atoms with Crippen molar-refractivity contribution in [3.05, 3.63) is 64.7 Å². The number of rotatable bonds is 4. The molecule has 37 heavy (non-hydrogen) atoms. The summed E-state index contributed by atoms with van der Waals surface area (Å²) in [6, 6.07) is 14.1. The molecule has 3 fully saturated rings. The maximum Gasteiger partial charge on any atom is 0.337 e. The van der Waals surface area contributed by atoms with Crippen molar-refractivity contribution >= 4 is 11.9 Å². The predicted octanol–water partition coefficient (Wildman–Crippen LogP) is 6.27. The summed E-state index contributed by atoms with van der Waals surface area (Å²) in [4.78, 5) is 25.3. The minimum Gasteiger partial charge on any atom is -0.497 e. The van der Waals surface area contributed by atoms with Crippen LogP contribution in [0.2, 0.25) is 0 Å². The van der Waals surface area contributed by atoms with E-state index >= 15 is 0 Å². The number of carbonyl (C=O) groups excluding carboxylic acids is 2. The molecule has 1 saturated heterocycles. The van der Waals surface area contributed by atoms with Gasteiger partial charge in [0.05, 0.1) is 25.2 Å². The van der Waals surface area contributed by atoms with Crippen molar-refractivity contribution < 1.29 is 23.8 Å². The van der Waals surface area contributed by atoms with Gasteiger partial charge in [0.1, 0.15) is 11.4 Å². The number of esters is 2. The van der Waals surface area contributed by atoms with Crippen LogP contribution in [0.4, 0.5) is 0 Å². The molecule has 0 aromatic heterocycles. The van der Waals surface area contributed by atoms with Crippen LogP contribution in [0, 0.1) is 22.7 Å². The zero-order chi connectivity index (χ0) is 26.0. The van der Waals surface area contributed by atoms with E-state index in [0.29, 0.717) is 29.7 Å². The van der Waals surface area contributed by atoms with E-state index in [9.17, 15) is 9.59 Å². The molecular weight excluding hydrogens is 464 g/mol. The minimum absolute atomic E-state index is 0.0142. The Kier molecular flexibility index (Phi) is 5.70. The highest BCUT2D eigenvalue weighted by atomic mass is 16.6. The molecule has 0 bridgehead atoms. The molecule has 196 valence electrons. The van der Waals surface area contributed by atoms with E-state index < -0.39 is 5.41 Å². The summed E-state index contributed by atoms with van der Waals surface area (Å²) in [5.74, 6) is 2.37. The Labute approximate surface area is 219 Å². The standard InChI is InChI=1S/C32H38O5/c1-30(18-20-5-7-21(8-6-20)28(33)36-4)19-32(37-29(30)34)16-14-27-26-11-9-22-17-23(35-3)10-12-24(22)25(26)13-15-31(27,32)2/h5-8,10,12,17,25-27H,9,11,13-16,18-19H2,1-4H3/t25-,26-,27+,30?,31+,32?/m1/s1. The molecule has 2 unspecified atom stereocenters. The number of carbonyl (C=O) groups is 2. The molecule has 1 heterocycles. The van der Waals surface area contributed by atoms with Gasteiger partial charge in [0.25, 0.3) is 0 Å². The maximum absolute atomic E-state index is 13.5. The quantitative estimate of drug-likeness (QED) is 0.461. The second-order valence-electron chi connectivity index (χ2n) is 12.5. The zero-order valence-electron chi connectivity index (χ0n) is 22.5. The summed E-state index contributed by atoms with van der Waals surface area (Å²) in [5.41, 5.74) is 3.63. The van der Waals surface area contributed by atoms with Crippen molar-refractivity contribution in [3.63, 3.8) is 0 Å². The Balaban J connectivity index is 1.23. The van der Waals surface area contributed by atoms with Crippen LogP contribution in [0.1, 0.15) is 85.3 Å². The molecule has 0 N–H and O–H groups in total. The van der Waals surface area contributed by atoms with E-state index in [0.717, 1.165) is 49.8 Å². The summed E-state index contributed by atoms with van der Waals surface area (Å²) in [6.07, 6.45) is 8.07. The molecule has 4 aliphatic rings. The second kappa shape index (κ2) is 8.61. The number of hydrogen-bond acceptors (Lipinski definition) is 5. The van der Waals surface area contributed by atoms with Gasteiger partial charge in [-0.05, 0) is 111 Å². The summed E-state index contributed by atoms with van der Waals surface area (Å²) in [5, 5.41) is 0. The van der Waals surface area contributed by atoms with Crippen molar-refractivity contribution in [2.75, 3.05) is 14.2 Å². The van der Waals surface area contributed by atoms with E-state index in [-0.39, 0.29) is 23.0 Å². The van der Waals surface area contributed by atoms with Crippen molar-refractivity contribution in [1.82, 2.24) is 0 Å². The van der Waals surface area contributed by atoms with Gasteiger partial charge in [0, 0.05) is 11.8 Å². The summed E-state index contributed by atoms with van der Waals surface area (Å²) in [7, 11) is 3.13. The van der Waals surface area contributed by atoms with E-state index in [1.807, 2.05) is 12.1 Å². The summed E-state index contributed by atoms with van der Waals surface area (Å²) >= 11 is 0. The number of hydrogen-bond donors (Lipinski definition) is 0. The maximum atomic E-state index is 13.5. The first kappa shape index (κ1) is 24.5. The van der Waals surface area contributed by atoms with Gasteiger partial charge in [0.2, 0.25) is 0 Å². The first-order chi connectivity index (χ1) is 17.7. The van der Waals surface area contributed by atoms with Crippen LogP contribution in [0.25, 0.3) is 0 Å². The van der Waals surface area contributed by atoms with Gasteiger partial charge in [-0.3, -0.25) is 4.79 Å². The lowest BCUT2D eigenvalue weighted by Gasteiger charge is -2.53. The highest BCUT2D eigenvalue weighted by Gasteiger charge is 2.69. The van der Waals surface area contributed by atoms with E-state index in [1.54, 1.807) is 19.2 Å². The lowest BCUT2D eigenvalue weighted by atomic mass is 9.52. The molecule has 2 aromatic carbocycles. The average molecular weight is 503 g/mol. The monoisotopic (exact) mass is 502 g/mol. The summed E-state index contributed by atoms with van der Waals surface area (Å²) < 4.78 is 16.8. The lowest BCUT2D eigenvalue weighted by Crippen LogP contribution is -2.51. The molecule has 2 saturated carbocycles. The second-order valence-corrected chi connectivity index (χ2v) is 12.5. The molecule has 5 nitrogen and oxygen atoms in total. The van der Waals surface area contributed by atoms with E-state index in [1.165, 1.54) is 24.7 Å². The Hall–Kier alpha value is -2.82. The Bertz CT molecular complexity index is 1230. The number of aryl methyl sites for hydroxylation is 1. The zero-order valence-corrected chi connectivity index (χ0v) is 22.5. The Morgan fingerprint density at radius 2 is 1.81 bits per heavy atom. The first-order valence-electron chi connectivity index (χ1n) is 13.8. The third kappa shape index (κ3) is 3.64. The molecule has 0 amide bonds. The first-order valence-corrected chi connectivity index (χ1v) is 13.8. The highest BCUT2D eigenvalue weighted by molar-refractivity contribution is 5.89. The smallest absolute Gasteiger partial charge is 0.337 e. The van der Waals surface area contributed by atoms with E-state index in [2.05, 4.69) is 32.0 Å². The van der Waals surface area contributed by atoms with Crippen LogP contribution in [0.5, 0.6) is 5.75 Å². The molecule has 2 aromatic rings. The molecule has 6 rings (SSSR count). The Morgan fingerprint density at radius 3 is 2.54 bits per heavy atom. The van der Waals surface area contributed by atoms with Crippen LogP contribution in [0.3, 0.4) is 0 Å². The lowest BCUT2D eigenvalue weighted by molar-refractivity contribution is -0.166. The molecular formula is C32H38O5. The van der Waals surface area contributed by atoms with Gasteiger partial charge >= 0.3 is 11.9 Å². The fourth-order valence-electron chi connectivity index (χ4n) is 8.74. The third-order valence-electron chi connectivity index (χ3n) is 10.6. The number of methoxy groups -OCH3 is 2. The SMILES string of the molecule is COC(=O)c1ccc(CC2(C)CC3(CC[C@H]4[C@@H]5CCc6cc(OC)ccc6[C@H]5CC[C@@]43C)OC2=O)cc1. The normalized spacial score (nSPS) is 35.9. The Morgan fingerprint density at radius 1 is 1.03 bits per heavy atom. The molecule has 6 atom stereocenters. The van der Waals surface area contributed by atoms with Crippen LogP contribution < -0.4 is 4.74 Å². The van der Waals surface area contributed by atoms with E-state index in [4.69, 9.17) is 14.2 Å². The van der Waals surface area contributed by atoms with Gasteiger partial charge in [-0.15, -0.1) is 0 Å². The van der Waals surface area contributed by atoms with Crippen molar-refractivity contribution in [3.8, 4) is 5.75 Å². The number of ether oxygens (including phenoxy) is 3. The van der Waals surface area contributed by atoms with Crippen molar-refractivity contribution in [2.45, 2.75) is 76.7 Å². The molecule has 0 radical (unpaired) electrons. The average Bonchev–Trinajstić information content (AvgIpc) is 3.34. The highest BCUT2D eigenvalue weighted by Crippen LogP contribution is 2.69. The largest absolute Gasteiger partial charge is 0.497 e. The molecule has 5 heteroatoms. The van der Waals surface area contributed by atoms with Gasteiger partial charge in [-0.2, -0.15) is 0 Å². The fourth-order valence-corrected chi connectivity index (χ4v) is 8.74. The topological polar surface area (TPSA) is 61.8 Å². The third-order valence-corrected chi connectivity index (χ3v) is 10.6. The minimum atomic E-state index is -0.558. The van der Waals surface area contributed by atoms with Gasteiger partial charge in [-0.1, -0.05) is 25.1 Å². The van der Waals surface area contributed by atoms with Crippen LogP contribution >= 0.6 is 0 Å². The molecule has 3 aliphatic carbocycles. The van der Waals surface area contributed by atoms with Gasteiger partial charge in [-0.25, -0.2) is 4.79 Å². The van der Waals surface area contributed by atoms with Gasteiger partial charge < -0.3 is 14.2 Å². The summed E-state index contributed by atoms with van der Waals surface area (Å²) in [6.45, 7) is 4.50. The molecule has 1 spiro atoms. The van der Waals surface area contributed by atoms with Crippen molar-refractivity contribution in [1.29, 1.82) is 0 Å². The number of benzene rings is 2. The van der Waals surface area contributed by atoms with Crippen molar-refractivity contribution in [2.24, 2.45) is 22.7 Å². The predicted molar refractivity (Wildman–Crippen MR) is 141 cm³/mol. The fraction of sp³-hybridized carbons (Fsp3) is 0.562. The van der Waals surface area contributed by atoms with Crippen LogP contribution in [0.15, 0.2) is 42.5 Å². The molecule has 1 aliphatic heterocycles.